The van der Waals surface area contributed by atoms with Crippen LogP contribution in [0.2, 0.25) is 5.02 Å². The first-order chi connectivity index (χ1) is 11.0. The van der Waals surface area contributed by atoms with Crippen molar-refractivity contribution in [3.63, 3.8) is 0 Å². The van der Waals surface area contributed by atoms with Crippen molar-refractivity contribution in [3.8, 4) is 0 Å². The van der Waals surface area contributed by atoms with Gasteiger partial charge in [0, 0.05) is 18.1 Å². The number of nitrogens with two attached hydrogens (primary N) is 1. The van der Waals surface area contributed by atoms with Gasteiger partial charge in [0.2, 0.25) is 11.8 Å². The maximum Gasteiger partial charge on any atom is 0.233 e. The highest BCUT2D eigenvalue weighted by Crippen LogP contribution is 2.23. The van der Waals surface area contributed by atoms with Crippen LogP contribution in [0.15, 0.2) is 23.4 Å². The van der Waals surface area contributed by atoms with E-state index in [1.54, 1.807) is 17.0 Å². The van der Waals surface area contributed by atoms with Gasteiger partial charge in [0.15, 0.2) is 5.16 Å². The zero-order chi connectivity index (χ0) is 16.4. The zero-order valence-electron chi connectivity index (χ0n) is 12.4. The number of benzene rings is 1. The van der Waals surface area contributed by atoms with Gasteiger partial charge in [0.25, 0.3) is 0 Å². The Hall–Kier alpha value is -1.73. The molecule has 3 rings (SSSR count). The predicted octanol–water partition coefficient (Wildman–Crippen LogP) is 2.03. The fraction of sp³-hybridized carbons (Fsp3) is 0.400. The van der Waals surface area contributed by atoms with E-state index in [2.05, 4.69) is 9.97 Å². The molecule has 23 heavy (non-hydrogen) atoms. The summed E-state index contributed by atoms with van der Waals surface area (Å²) in [7, 11) is 0. The normalized spacial score (nSPS) is 18.3. The molecule has 1 aliphatic rings. The van der Waals surface area contributed by atoms with E-state index in [-0.39, 0.29) is 23.5 Å². The second-order valence-corrected chi connectivity index (χ2v) is 6.97. The standard InChI is InChI=1S/C15H17ClN4O2S/c16-10-3-4-11-12(6-10)19-15(18-11)23-8-13(21)20-5-1-2-9(7-20)14(17)22/h3-4,6,9H,1-2,5,7-8H2,(H2,17,22)(H,18,19). The number of likely N-dealkylation sites (tertiary alicyclic amines) is 1. The molecule has 0 spiro atoms. The minimum absolute atomic E-state index is 0.000520. The second-order valence-electron chi connectivity index (χ2n) is 5.57. The number of amides is 2. The van der Waals surface area contributed by atoms with Gasteiger partial charge < -0.3 is 15.6 Å². The molecule has 3 N–H and O–H groups in total. The maximum atomic E-state index is 12.3. The summed E-state index contributed by atoms with van der Waals surface area (Å²) in [5, 5.41) is 1.32. The van der Waals surface area contributed by atoms with Gasteiger partial charge in [0.05, 0.1) is 22.7 Å². The first-order valence-electron chi connectivity index (χ1n) is 7.38. The van der Waals surface area contributed by atoms with Gasteiger partial charge in [-0.05, 0) is 31.0 Å². The Kier molecular flexibility index (Phi) is 4.77. The number of hydrogen-bond donors (Lipinski definition) is 2. The molecule has 1 aliphatic heterocycles. The van der Waals surface area contributed by atoms with E-state index in [1.807, 2.05) is 6.07 Å². The van der Waals surface area contributed by atoms with Gasteiger partial charge in [-0.1, -0.05) is 23.4 Å². The number of imidazole rings is 1. The average Bonchev–Trinajstić information content (AvgIpc) is 2.94. The van der Waals surface area contributed by atoms with Crippen LogP contribution in [0, 0.1) is 5.92 Å². The minimum Gasteiger partial charge on any atom is -0.369 e. The number of nitrogens with zero attached hydrogens (tertiary/aromatic N) is 2. The average molecular weight is 353 g/mol. The molecular formula is C15H17ClN4O2S. The molecule has 1 atom stereocenters. The topological polar surface area (TPSA) is 92.1 Å². The van der Waals surface area contributed by atoms with Crippen molar-refractivity contribution < 1.29 is 9.59 Å². The van der Waals surface area contributed by atoms with E-state index in [9.17, 15) is 9.59 Å². The molecule has 6 nitrogen and oxygen atoms in total. The Balaban J connectivity index is 1.60. The molecule has 1 fully saturated rings. The number of rotatable bonds is 4. The molecule has 1 aromatic carbocycles. The Morgan fingerprint density at radius 1 is 1.48 bits per heavy atom. The number of aromatic nitrogens is 2. The third-order valence-corrected chi connectivity index (χ3v) is 5.02. The monoisotopic (exact) mass is 352 g/mol. The molecule has 2 heterocycles. The molecule has 0 radical (unpaired) electrons. The van der Waals surface area contributed by atoms with Crippen molar-refractivity contribution in [3.05, 3.63) is 23.2 Å². The van der Waals surface area contributed by atoms with E-state index >= 15 is 0 Å². The van der Waals surface area contributed by atoms with Crippen molar-refractivity contribution in [2.45, 2.75) is 18.0 Å². The van der Waals surface area contributed by atoms with E-state index in [0.717, 1.165) is 23.9 Å². The number of piperidine rings is 1. The molecule has 2 amide bonds. The van der Waals surface area contributed by atoms with Crippen LogP contribution in [-0.2, 0) is 9.59 Å². The third kappa shape index (κ3) is 3.79. The lowest BCUT2D eigenvalue weighted by Gasteiger charge is -2.31. The van der Waals surface area contributed by atoms with Gasteiger partial charge in [-0.3, -0.25) is 9.59 Å². The SMILES string of the molecule is NC(=O)C1CCCN(C(=O)CSc2nc3ccc(Cl)cc3[nH]2)C1. The third-order valence-electron chi connectivity index (χ3n) is 3.93. The second kappa shape index (κ2) is 6.80. The fourth-order valence-corrected chi connectivity index (χ4v) is 3.64. The number of thioether (sulfide) groups is 1. The van der Waals surface area contributed by atoms with E-state index in [0.29, 0.717) is 23.3 Å². The predicted molar refractivity (Wildman–Crippen MR) is 90.3 cm³/mol. The number of primary amides is 1. The van der Waals surface area contributed by atoms with Crippen LogP contribution in [0.25, 0.3) is 11.0 Å². The lowest BCUT2D eigenvalue weighted by molar-refractivity contribution is -0.132. The highest BCUT2D eigenvalue weighted by Gasteiger charge is 2.26. The Labute approximate surface area is 142 Å². The Bertz CT molecular complexity index is 748. The van der Waals surface area contributed by atoms with Gasteiger partial charge in [-0.2, -0.15) is 0 Å². The number of halogens is 1. The molecular weight excluding hydrogens is 336 g/mol. The van der Waals surface area contributed by atoms with Gasteiger partial charge >= 0.3 is 0 Å². The van der Waals surface area contributed by atoms with Crippen molar-refractivity contribution in [1.82, 2.24) is 14.9 Å². The fourth-order valence-electron chi connectivity index (χ4n) is 2.68. The van der Waals surface area contributed by atoms with E-state index < -0.39 is 0 Å². The number of aromatic amines is 1. The molecule has 0 bridgehead atoms. The summed E-state index contributed by atoms with van der Waals surface area (Å²) in [6.07, 6.45) is 1.57. The summed E-state index contributed by atoms with van der Waals surface area (Å²) in [4.78, 5) is 32.9. The van der Waals surface area contributed by atoms with Crippen LogP contribution in [0.5, 0.6) is 0 Å². The van der Waals surface area contributed by atoms with Crippen molar-refractivity contribution in [2.24, 2.45) is 11.7 Å². The van der Waals surface area contributed by atoms with Crippen LogP contribution in [0.3, 0.4) is 0 Å². The highest BCUT2D eigenvalue weighted by molar-refractivity contribution is 7.99. The summed E-state index contributed by atoms with van der Waals surface area (Å²) < 4.78 is 0. The van der Waals surface area contributed by atoms with Crippen LogP contribution in [0.4, 0.5) is 0 Å². The summed E-state index contributed by atoms with van der Waals surface area (Å²) in [6, 6.07) is 5.42. The Morgan fingerprint density at radius 3 is 3.09 bits per heavy atom. The molecule has 1 saturated heterocycles. The molecule has 8 heteroatoms. The molecule has 0 aliphatic carbocycles. The first kappa shape index (κ1) is 16.1. The lowest BCUT2D eigenvalue weighted by atomic mass is 9.97. The number of fused-ring (bicyclic) bond motifs is 1. The zero-order valence-corrected chi connectivity index (χ0v) is 14.0. The summed E-state index contributed by atoms with van der Waals surface area (Å²) in [5.41, 5.74) is 7.00. The molecule has 0 saturated carbocycles. The molecule has 122 valence electrons. The van der Waals surface area contributed by atoms with Gasteiger partial charge in [-0.25, -0.2) is 4.98 Å². The largest absolute Gasteiger partial charge is 0.369 e. The van der Waals surface area contributed by atoms with Crippen LogP contribution in [0.1, 0.15) is 12.8 Å². The lowest BCUT2D eigenvalue weighted by Crippen LogP contribution is -2.44. The highest BCUT2D eigenvalue weighted by atomic mass is 35.5. The molecule has 2 aromatic rings. The number of carbonyl (C=O) groups is 2. The van der Waals surface area contributed by atoms with Crippen LogP contribution >= 0.6 is 23.4 Å². The number of carbonyl (C=O) groups excluding carboxylic acids is 2. The van der Waals surface area contributed by atoms with Gasteiger partial charge in [-0.15, -0.1) is 0 Å². The Morgan fingerprint density at radius 2 is 2.30 bits per heavy atom. The van der Waals surface area contributed by atoms with Crippen molar-refractivity contribution >= 4 is 46.2 Å². The number of hydrogen-bond acceptors (Lipinski definition) is 4. The molecule has 1 aromatic heterocycles. The number of H-pyrrole nitrogens is 1. The maximum absolute atomic E-state index is 12.3. The summed E-state index contributed by atoms with van der Waals surface area (Å²) in [6.45, 7) is 1.10. The van der Waals surface area contributed by atoms with E-state index in [4.69, 9.17) is 17.3 Å². The van der Waals surface area contributed by atoms with E-state index in [1.165, 1.54) is 11.8 Å². The smallest absolute Gasteiger partial charge is 0.233 e. The van der Waals surface area contributed by atoms with Crippen molar-refractivity contribution in [1.29, 1.82) is 0 Å². The quantitative estimate of drug-likeness (QED) is 0.823. The van der Waals surface area contributed by atoms with Crippen LogP contribution < -0.4 is 5.73 Å². The van der Waals surface area contributed by atoms with Gasteiger partial charge in [0.1, 0.15) is 0 Å². The summed E-state index contributed by atoms with van der Waals surface area (Å²) in [5.74, 6) is -0.284. The minimum atomic E-state index is -0.329. The number of nitrogens with one attached hydrogen (secondary N) is 1. The van der Waals surface area contributed by atoms with Crippen molar-refractivity contribution in [2.75, 3.05) is 18.8 Å². The van der Waals surface area contributed by atoms with Crippen LogP contribution in [-0.4, -0.2) is 45.5 Å². The molecule has 1 unspecified atom stereocenters. The summed E-state index contributed by atoms with van der Waals surface area (Å²) >= 11 is 7.29. The first-order valence-corrected chi connectivity index (χ1v) is 8.74.